The molecule has 0 aliphatic carbocycles. The number of nitrogens with one attached hydrogen (secondary N) is 2. The van der Waals surface area contributed by atoms with Crippen molar-refractivity contribution >= 4 is 40.1 Å². The molecule has 0 aliphatic rings. The number of rotatable bonds is 5. The Morgan fingerprint density at radius 3 is 1.70 bits per heavy atom. The van der Waals surface area contributed by atoms with Crippen LogP contribution in [0.25, 0.3) is 0 Å². The van der Waals surface area contributed by atoms with Crippen LogP contribution in [0.15, 0.2) is 89.1 Å². The van der Waals surface area contributed by atoms with Gasteiger partial charge < -0.3 is 10.6 Å². The highest BCUT2D eigenvalue weighted by molar-refractivity contribution is 7.80. The smallest absolute Gasteiger partial charge is 0.175 e. The van der Waals surface area contributed by atoms with E-state index in [0.717, 1.165) is 22.7 Å². The van der Waals surface area contributed by atoms with E-state index in [-0.39, 0.29) is 0 Å². The zero-order valence-electron chi connectivity index (χ0n) is 15.4. The van der Waals surface area contributed by atoms with Gasteiger partial charge in [0, 0.05) is 11.4 Å². The lowest BCUT2D eigenvalue weighted by Crippen LogP contribution is -2.18. The van der Waals surface area contributed by atoms with Gasteiger partial charge >= 0.3 is 0 Å². The van der Waals surface area contributed by atoms with Crippen LogP contribution in [0, 0.1) is 0 Å². The van der Waals surface area contributed by atoms with E-state index in [0.29, 0.717) is 11.0 Å². The second-order valence-corrected chi connectivity index (χ2v) is 6.85. The summed E-state index contributed by atoms with van der Waals surface area (Å²) in [6, 6.07) is 25.6. The monoisotopic (exact) mass is 374 g/mol. The normalized spacial score (nSPS) is 10.9. The van der Waals surface area contributed by atoms with Crippen molar-refractivity contribution in [3.05, 3.63) is 84.4 Å². The standard InChI is InChI=1S/C22H22N4S/c1-16(2)17-8-10-18(11-9-17)23-22(27)24-19-12-14-21(15-13-19)26-25-20-6-4-3-5-7-20/h3-16H,1-2H3,(H2,23,24,27). The largest absolute Gasteiger partial charge is 0.332 e. The van der Waals surface area contributed by atoms with Gasteiger partial charge in [-0.3, -0.25) is 0 Å². The molecular weight excluding hydrogens is 352 g/mol. The fourth-order valence-electron chi connectivity index (χ4n) is 2.47. The third kappa shape index (κ3) is 5.72. The maximum Gasteiger partial charge on any atom is 0.175 e. The summed E-state index contributed by atoms with van der Waals surface area (Å²) >= 11 is 5.39. The molecule has 0 fully saturated rings. The topological polar surface area (TPSA) is 48.8 Å². The molecule has 2 N–H and O–H groups in total. The Hall–Kier alpha value is -3.05. The minimum Gasteiger partial charge on any atom is -0.332 e. The van der Waals surface area contributed by atoms with Crippen LogP contribution in [-0.4, -0.2) is 5.11 Å². The summed E-state index contributed by atoms with van der Waals surface area (Å²) in [4.78, 5) is 0. The number of azo groups is 1. The van der Waals surface area contributed by atoms with E-state index in [1.807, 2.05) is 66.7 Å². The number of anilines is 2. The molecule has 0 aliphatic heterocycles. The van der Waals surface area contributed by atoms with E-state index in [2.05, 4.69) is 46.8 Å². The van der Waals surface area contributed by atoms with Gasteiger partial charge in [0.25, 0.3) is 0 Å². The van der Waals surface area contributed by atoms with Crippen molar-refractivity contribution in [1.29, 1.82) is 0 Å². The molecule has 3 aromatic carbocycles. The van der Waals surface area contributed by atoms with Gasteiger partial charge in [0.2, 0.25) is 0 Å². The maximum atomic E-state index is 5.39. The van der Waals surface area contributed by atoms with Gasteiger partial charge in [0.1, 0.15) is 0 Å². The zero-order chi connectivity index (χ0) is 19.1. The van der Waals surface area contributed by atoms with Gasteiger partial charge in [-0.15, -0.1) is 0 Å². The van der Waals surface area contributed by atoms with E-state index < -0.39 is 0 Å². The van der Waals surface area contributed by atoms with Crippen LogP contribution in [0.1, 0.15) is 25.3 Å². The van der Waals surface area contributed by atoms with Crippen molar-refractivity contribution in [2.45, 2.75) is 19.8 Å². The van der Waals surface area contributed by atoms with Crippen molar-refractivity contribution < 1.29 is 0 Å². The van der Waals surface area contributed by atoms with Crippen LogP contribution in [0.2, 0.25) is 0 Å². The van der Waals surface area contributed by atoms with E-state index in [1.165, 1.54) is 5.56 Å². The molecule has 4 nitrogen and oxygen atoms in total. The van der Waals surface area contributed by atoms with E-state index in [9.17, 15) is 0 Å². The maximum absolute atomic E-state index is 5.39. The highest BCUT2D eigenvalue weighted by Crippen LogP contribution is 2.21. The lowest BCUT2D eigenvalue weighted by Gasteiger charge is -2.12. The van der Waals surface area contributed by atoms with Gasteiger partial charge in [-0.25, -0.2) is 0 Å². The second-order valence-electron chi connectivity index (χ2n) is 6.44. The summed E-state index contributed by atoms with van der Waals surface area (Å²) in [6.45, 7) is 4.36. The van der Waals surface area contributed by atoms with Crippen molar-refractivity contribution in [3.8, 4) is 0 Å². The van der Waals surface area contributed by atoms with Crippen LogP contribution in [0.5, 0.6) is 0 Å². The van der Waals surface area contributed by atoms with Crippen LogP contribution in [0.3, 0.4) is 0 Å². The van der Waals surface area contributed by atoms with E-state index >= 15 is 0 Å². The first-order valence-corrected chi connectivity index (χ1v) is 9.26. The number of benzene rings is 3. The third-order valence-electron chi connectivity index (χ3n) is 4.00. The summed E-state index contributed by atoms with van der Waals surface area (Å²) in [5, 5.41) is 15.4. The number of hydrogen-bond acceptors (Lipinski definition) is 3. The molecule has 3 aromatic rings. The minimum atomic E-state index is 0.515. The van der Waals surface area contributed by atoms with Crippen LogP contribution in [0.4, 0.5) is 22.7 Å². The Balaban J connectivity index is 1.56. The first kappa shape index (κ1) is 18.7. The lowest BCUT2D eigenvalue weighted by molar-refractivity contribution is 0.867. The summed E-state index contributed by atoms with van der Waals surface area (Å²) < 4.78 is 0. The third-order valence-corrected chi connectivity index (χ3v) is 4.20. The lowest BCUT2D eigenvalue weighted by atomic mass is 10.0. The highest BCUT2D eigenvalue weighted by atomic mass is 32.1. The Kier molecular flexibility index (Phi) is 6.28. The van der Waals surface area contributed by atoms with Crippen LogP contribution in [-0.2, 0) is 0 Å². The highest BCUT2D eigenvalue weighted by Gasteiger charge is 2.02. The Morgan fingerprint density at radius 1 is 0.704 bits per heavy atom. The van der Waals surface area contributed by atoms with Gasteiger partial charge in [-0.2, -0.15) is 10.2 Å². The molecule has 27 heavy (non-hydrogen) atoms. The van der Waals surface area contributed by atoms with Crippen molar-refractivity contribution in [2.24, 2.45) is 10.2 Å². The Morgan fingerprint density at radius 2 is 1.19 bits per heavy atom. The van der Waals surface area contributed by atoms with Gasteiger partial charge in [0.15, 0.2) is 5.11 Å². The molecule has 5 heteroatoms. The first-order chi connectivity index (χ1) is 13.1. The predicted octanol–water partition coefficient (Wildman–Crippen LogP) is 7.03. The molecule has 0 saturated carbocycles. The Labute approximate surface area is 165 Å². The van der Waals surface area contributed by atoms with Crippen molar-refractivity contribution in [3.63, 3.8) is 0 Å². The van der Waals surface area contributed by atoms with E-state index in [1.54, 1.807) is 0 Å². The molecule has 0 aromatic heterocycles. The molecule has 0 atom stereocenters. The van der Waals surface area contributed by atoms with Gasteiger partial charge in [0.05, 0.1) is 11.4 Å². The molecule has 0 unspecified atom stereocenters. The molecule has 136 valence electrons. The van der Waals surface area contributed by atoms with Crippen molar-refractivity contribution in [2.75, 3.05) is 10.6 Å². The molecule has 0 radical (unpaired) electrons. The average Bonchev–Trinajstić information content (AvgIpc) is 2.68. The molecule has 0 bridgehead atoms. The summed E-state index contributed by atoms with van der Waals surface area (Å²) in [7, 11) is 0. The van der Waals surface area contributed by atoms with Gasteiger partial charge in [-0.1, -0.05) is 44.2 Å². The second kappa shape index (κ2) is 9.05. The summed E-state index contributed by atoms with van der Waals surface area (Å²) in [5.74, 6) is 0.515. The molecule has 0 amide bonds. The minimum absolute atomic E-state index is 0.515. The molecule has 3 rings (SSSR count). The molecule has 0 heterocycles. The predicted molar refractivity (Wildman–Crippen MR) is 117 cm³/mol. The molecule has 0 spiro atoms. The quantitative estimate of drug-likeness (QED) is 0.372. The zero-order valence-corrected chi connectivity index (χ0v) is 16.2. The van der Waals surface area contributed by atoms with Crippen molar-refractivity contribution in [1.82, 2.24) is 0 Å². The van der Waals surface area contributed by atoms with Gasteiger partial charge in [-0.05, 0) is 72.2 Å². The summed E-state index contributed by atoms with van der Waals surface area (Å²) in [6.07, 6.45) is 0. The van der Waals surface area contributed by atoms with E-state index in [4.69, 9.17) is 12.2 Å². The first-order valence-electron chi connectivity index (χ1n) is 8.85. The van der Waals surface area contributed by atoms with Crippen LogP contribution < -0.4 is 10.6 Å². The molecule has 0 saturated heterocycles. The Bertz CT molecular complexity index is 901. The average molecular weight is 375 g/mol. The SMILES string of the molecule is CC(C)c1ccc(NC(=S)Nc2ccc(N=Nc3ccccc3)cc2)cc1. The fraction of sp³-hybridized carbons (Fsp3) is 0.136. The molecular formula is C22H22N4S. The summed E-state index contributed by atoms with van der Waals surface area (Å²) in [5.41, 5.74) is 4.77. The number of thiocarbonyl (C=S) groups is 1. The number of hydrogen-bond donors (Lipinski definition) is 2. The fourth-order valence-corrected chi connectivity index (χ4v) is 2.70. The number of nitrogens with zero attached hydrogens (tertiary/aromatic N) is 2. The van der Waals surface area contributed by atoms with Crippen LogP contribution >= 0.6 is 12.2 Å².